The molecule has 178 valence electrons. The molecule has 1 unspecified atom stereocenters. The number of alkyl halides is 6. The SMILES string of the molecule is CCC(C)(C)CC(CC)(C(=O)OC(C)(C)C(=O)OC(C(F)(F)F)C(F)(F)F)C(C)C. The van der Waals surface area contributed by atoms with E-state index in [2.05, 4.69) is 4.74 Å². The quantitative estimate of drug-likeness (QED) is 0.309. The van der Waals surface area contributed by atoms with Crippen LogP contribution in [0.15, 0.2) is 0 Å². The van der Waals surface area contributed by atoms with E-state index in [0.29, 0.717) is 12.8 Å². The molecule has 0 N–H and O–H groups in total. The molecule has 0 aromatic heterocycles. The van der Waals surface area contributed by atoms with Gasteiger partial charge in [0.15, 0.2) is 0 Å². The van der Waals surface area contributed by atoms with Gasteiger partial charge >= 0.3 is 24.3 Å². The highest BCUT2D eigenvalue weighted by molar-refractivity contribution is 5.85. The summed E-state index contributed by atoms with van der Waals surface area (Å²) < 4.78 is 85.1. The molecule has 0 amide bonds. The van der Waals surface area contributed by atoms with Crippen molar-refractivity contribution in [3.05, 3.63) is 0 Å². The minimum Gasteiger partial charge on any atom is -0.447 e. The molecule has 0 aliphatic heterocycles. The molecule has 0 spiro atoms. The predicted molar refractivity (Wildman–Crippen MR) is 98.4 cm³/mol. The fourth-order valence-electron chi connectivity index (χ4n) is 3.11. The van der Waals surface area contributed by atoms with Crippen LogP contribution < -0.4 is 0 Å². The van der Waals surface area contributed by atoms with E-state index >= 15 is 0 Å². The van der Waals surface area contributed by atoms with Crippen LogP contribution in [0.3, 0.4) is 0 Å². The summed E-state index contributed by atoms with van der Waals surface area (Å²) in [6.45, 7) is 12.9. The van der Waals surface area contributed by atoms with Gasteiger partial charge in [0.05, 0.1) is 5.41 Å². The van der Waals surface area contributed by atoms with Gasteiger partial charge in [-0.2, -0.15) is 26.3 Å². The van der Waals surface area contributed by atoms with Gasteiger partial charge in [-0.3, -0.25) is 4.79 Å². The highest BCUT2D eigenvalue weighted by Gasteiger charge is 2.61. The van der Waals surface area contributed by atoms with Crippen molar-refractivity contribution in [1.29, 1.82) is 0 Å². The standard InChI is InChI=1S/C20H32F6O4/c1-9-16(5,6)11-18(10-2,12(3)4)15(28)30-17(7,8)14(27)29-13(19(21,22)23)20(24,25)26/h12-13H,9-11H2,1-8H3. The normalized spacial score (nSPS) is 15.9. The van der Waals surface area contributed by atoms with Crippen molar-refractivity contribution in [2.45, 2.75) is 98.7 Å². The summed E-state index contributed by atoms with van der Waals surface area (Å²) in [7, 11) is 0. The number of ether oxygens (including phenoxy) is 2. The van der Waals surface area contributed by atoms with E-state index in [1.165, 1.54) is 0 Å². The summed E-state index contributed by atoms with van der Waals surface area (Å²) in [5.74, 6) is -3.05. The van der Waals surface area contributed by atoms with Gasteiger partial charge in [-0.15, -0.1) is 0 Å². The van der Waals surface area contributed by atoms with E-state index in [1.807, 2.05) is 20.8 Å². The Balaban J connectivity index is 5.81. The lowest BCUT2D eigenvalue weighted by atomic mass is 9.64. The number of hydrogen-bond donors (Lipinski definition) is 0. The van der Waals surface area contributed by atoms with E-state index in [4.69, 9.17) is 4.74 Å². The van der Waals surface area contributed by atoms with E-state index in [1.54, 1.807) is 20.8 Å². The van der Waals surface area contributed by atoms with Crippen LogP contribution in [-0.4, -0.2) is 36.0 Å². The summed E-state index contributed by atoms with van der Waals surface area (Å²) in [6, 6.07) is 0. The molecule has 0 fully saturated rings. The van der Waals surface area contributed by atoms with Crippen LogP contribution in [0.4, 0.5) is 26.3 Å². The first kappa shape index (κ1) is 28.5. The molecule has 0 bridgehead atoms. The van der Waals surface area contributed by atoms with Crippen LogP contribution in [0, 0.1) is 16.7 Å². The van der Waals surface area contributed by atoms with Crippen LogP contribution in [0.2, 0.25) is 0 Å². The first-order chi connectivity index (χ1) is 13.2. The van der Waals surface area contributed by atoms with E-state index < -0.39 is 41.4 Å². The summed E-state index contributed by atoms with van der Waals surface area (Å²) in [5, 5.41) is 0. The average molecular weight is 450 g/mol. The van der Waals surface area contributed by atoms with Gasteiger partial charge in [-0.1, -0.05) is 48.0 Å². The third-order valence-corrected chi connectivity index (χ3v) is 5.55. The van der Waals surface area contributed by atoms with E-state index in [0.717, 1.165) is 20.3 Å². The Bertz CT molecular complexity index is 593. The largest absolute Gasteiger partial charge is 0.447 e. The minimum atomic E-state index is -5.86. The molecule has 0 aliphatic rings. The molecule has 0 saturated heterocycles. The highest BCUT2D eigenvalue weighted by atomic mass is 19.4. The second-order valence-corrected chi connectivity index (χ2v) is 9.13. The topological polar surface area (TPSA) is 52.6 Å². The first-order valence-electron chi connectivity index (χ1n) is 9.74. The molecule has 4 nitrogen and oxygen atoms in total. The molecule has 0 radical (unpaired) electrons. The molecule has 0 aromatic carbocycles. The van der Waals surface area contributed by atoms with Crippen molar-refractivity contribution < 1.29 is 45.4 Å². The third kappa shape index (κ3) is 7.04. The maximum Gasteiger partial charge on any atom is 0.434 e. The molecular formula is C20H32F6O4. The third-order valence-electron chi connectivity index (χ3n) is 5.55. The summed E-state index contributed by atoms with van der Waals surface area (Å²) in [4.78, 5) is 25.2. The first-order valence-corrected chi connectivity index (χ1v) is 9.74. The zero-order valence-electron chi connectivity index (χ0n) is 18.7. The maximum absolute atomic E-state index is 13.1. The highest BCUT2D eigenvalue weighted by Crippen LogP contribution is 2.46. The monoisotopic (exact) mass is 450 g/mol. The number of carbonyl (C=O) groups excluding carboxylic acids is 2. The van der Waals surface area contributed by atoms with Crippen molar-refractivity contribution in [3.8, 4) is 0 Å². The average Bonchev–Trinajstić information content (AvgIpc) is 2.54. The Labute approximate surface area is 173 Å². The molecule has 0 aromatic rings. The van der Waals surface area contributed by atoms with E-state index in [9.17, 15) is 35.9 Å². The van der Waals surface area contributed by atoms with Crippen molar-refractivity contribution in [1.82, 2.24) is 0 Å². The Morgan fingerprint density at radius 3 is 1.53 bits per heavy atom. The van der Waals surface area contributed by atoms with Gasteiger partial charge in [0.2, 0.25) is 5.60 Å². The lowest BCUT2D eigenvalue weighted by molar-refractivity contribution is -0.316. The Hall–Kier alpha value is -1.48. The molecule has 0 rings (SSSR count). The Morgan fingerprint density at radius 1 is 0.800 bits per heavy atom. The smallest absolute Gasteiger partial charge is 0.434 e. The number of halogens is 6. The van der Waals surface area contributed by atoms with Crippen LogP contribution >= 0.6 is 0 Å². The Kier molecular flexibility index (Phi) is 8.88. The van der Waals surface area contributed by atoms with Crippen LogP contribution in [0.25, 0.3) is 0 Å². The minimum absolute atomic E-state index is 0.259. The van der Waals surface area contributed by atoms with Gasteiger partial charge in [-0.05, 0) is 38.0 Å². The summed E-state index contributed by atoms with van der Waals surface area (Å²) >= 11 is 0. The van der Waals surface area contributed by atoms with Crippen molar-refractivity contribution in [2.75, 3.05) is 0 Å². The van der Waals surface area contributed by atoms with E-state index in [-0.39, 0.29) is 11.3 Å². The Morgan fingerprint density at radius 2 is 1.23 bits per heavy atom. The second-order valence-electron chi connectivity index (χ2n) is 9.13. The fourth-order valence-corrected chi connectivity index (χ4v) is 3.11. The summed E-state index contributed by atoms with van der Waals surface area (Å²) in [5.41, 5.74) is -3.72. The number of esters is 2. The van der Waals surface area contributed by atoms with Crippen LogP contribution in [0.1, 0.15) is 74.7 Å². The number of carbonyl (C=O) groups is 2. The molecule has 0 aliphatic carbocycles. The zero-order chi connectivity index (χ0) is 24.3. The summed E-state index contributed by atoms with van der Waals surface area (Å²) in [6.07, 6.45) is -14.6. The van der Waals surface area contributed by atoms with Gasteiger partial charge < -0.3 is 9.47 Å². The van der Waals surface area contributed by atoms with Gasteiger partial charge in [-0.25, -0.2) is 4.79 Å². The van der Waals surface area contributed by atoms with Gasteiger partial charge in [0, 0.05) is 0 Å². The van der Waals surface area contributed by atoms with Crippen LogP contribution in [-0.2, 0) is 19.1 Å². The number of rotatable bonds is 9. The maximum atomic E-state index is 13.1. The molecule has 30 heavy (non-hydrogen) atoms. The van der Waals surface area contributed by atoms with Crippen molar-refractivity contribution >= 4 is 11.9 Å². The predicted octanol–water partition coefficient (Wildman–Crippen LogP) is 6.22. The lowest BCUT2D eigenvalue weighted by Crippen LogP contribution is -2.51. The second kappa shape index (κ2) is 9.34. The zero-order valence-corrected chi connectivity index (χ0v) is 18.7. The molecule has 0 heterocycles. The fraction of sp³-hybridized carbons (Fsp3) is 0.900. The van der Waals surface area contributed by atoms with Gasteiger partial charge in [0.25, 0.3) is 6.10 Å². The van der Waals surface area contributed by atoms with Crippen molar-refractivity contribution in [3.63, 3.8) is 0 Å². The van der Waals surface area contributed by atoms with Crippen molar-refractivity contribution in [2.24, 2.45) is 16.7 Å². The molecule has 1 atom stereocenters. The molecular weight excluding hydrogens is 418 g/mol. The number of hydrogen-bond acceptors (Lipinski definition) is 4. The van der Waals surface area contributed by atoms with Crippen LogP contribution in [0.5, 0.6) is 0 Å². The molecule has 0 saturated carbocycles. The lowest BCUT2D eigenvalue weighted by Gasteiger charge is -2.42. The van der Waals surface area contributed by atoms with Gasteiger partial charge in [0.1, 0.15) is 0 Å². The molecule has 10 heteroatoms.